The first kappa shape index (κ1) is 17.5. The molecule has 6 heteroatoms. The number of furan rings is 1. The van der Waals surface area contributed by atoms with E-state index in [1.165, 1.54) is 17.4 Å². The fourth-order valence-electron chi connectivity index (χ4n) is 2.61. The fourth-order valence-corrected chi connectivity index (χ4v) is 3.72. The number of hydrogen-bond acceptors (Lipinski definition) is 4. The molecule has 0 saturated carbocycles. The molecule has 2 aromatic carbocycles. The van der Waals surface area contributed by atoms with Gasteiger partial charge >= 0.3 is 0 Å². The predicted octanol–water partition coefficient (Wildman–Crippen LogP) is 6.17. The van der Waals surface area contributed by atoms with Gasteiger partial charge in [-0.2, -0.15) is 0 Å². The normalized spacial score (nSPS) is 11.3. The third-order valence-corrected chi connectivity index (χ3v) is 5.32. The van der Waals surface area contributed by atoms with Crippen molar-refractivity contribution in [2.75, 3.05) is 5.32 Å². The quantitative estimate of drug-likeness (QED) is 0.421. The number of amides is 1. The number of hydrogen-bond donors (Lipinski definition) is 1. The maximum Gasteiger partial charge on any atom is 0.250 e. The fraction of sp³-hybridized carbons (Fsp3) is 0.0476. The van der Waals surface area contributed by atoms with E-state index in [4.69, 9.17) is 16.0 Å². The number of halogens is 1. The van der Waals surface area contributed by atoms with Crippen LogP contribution in [0.1, 0.15) is 11.3 Å². The second kappa shape index (κ2) is 7.39. The van der Waals surface area contributed by atoms with Gasteiger partial charge in [0.2, 0.25) is 5.91 Å². The van der Waals surface area contributed by atoms with Crippen molar-refractivity contribution in [3.8, 4) is 11.3 Å². The summed E-state index contributed by atoms with van der Waals surface area (Å²) in [5.41, 5.74) is 2.75. The van der Waals surface area contributed by atoms with E-state index in [0.29, 0.717) is 15.9 Å². The summed E-state index contributed by atoms with van der Waals surface area (Å²) in [6.07, 6.45) is 3.06. The Kier molecular flexibility index (Phi) is 4.79. The lowest BCUT2D eigenvalue weighted by Gasteiger charge is -1.95. The SMILES string of the molecule is Cc1cc2sc(NC(=O)/C=C/c3ccc(-c4ccccc4)o3)nc2cc1Cl. The molecular weight excluding hydrogens is 380 g/mol. The summed E-state index contributed by atoms with van der Waals surface area (Å²) in [4.78, 5) is 16.6. The van der Waals surface area contributed by atoms with Gasteiger partial charge in [0.05, 0.1) is 10.2 Å². The Hall–Kier alpha value is -2.89. The van der Waals surface area contributed by atoms with Crippen molar-refractivity contribution in [2.45, 2.75) is 6.92 Å². The highest BCUT2D eigenvalue weighted by Crippen LogP contribution is 2.30. The van der Waals surface area contributed by atoms with Gasteiger partial charge in [-0.25, -0.2) is 4.98 Å². The molecule has 134 valence electrons. The third-order valence-electron chi connectivity index (χ3n) is 3.98. The lowest BCUT2D eigenvalue weighted by molar-refractivity contribution is -0.111. The molecule has 4 nitrogen and oxygen atoms in total. The number of fused-ring (bicyclic) bond motifs is 1. The third kappa shape index (κ3) is 3.94. The number of nitrogens with zero attached hydrogens (tertiary/aromatic N) is 1. The number of anilines is 1. The van der Waals surface area contributed by atoms with Crippen LogP contribution in [0.25, 0.3) is 27.6 Å². The minimum absolute atomic E-state index is 0.269. The summed E-state index contributed by atoms with van der Waals surface area (Å²) in [5.74, 6) is 1.10. The van der Waals surface area contributed by atoms with Gasteiger partial charge in [-0.15, -0.1) is 0 Å². The Morgan fingerprint density at radius 2 is 2.00 bits per heavy atom. The average molecular weight is 395 g/mol. The van der Waals surface area contributed by atoms with Crippen molar-refractivity contribution >= 4 is 50.3 Å². The van der Waals surface area contributed by atoms with Gasteiger partial charge in [-0.1, -0.05) is 53.3 Å². The highest BCUT2D eigenvalue weighted by atomic mass is 35.5. The molecular formula is C21H15ClN2O2S. The van der Waals surface area contributed by atoms with Crippen molar-refractivity contribution in [1.82, 2.24) is 4.98 Å². The number of thiazole rings is 1. The average Bonchev–Trinajstić information content (AvgIpc) is 3.28. The summed E-state index contributed by atoms with van der Waals surface area (Å²) < 4.78 is 6.73. The molecule has 2 heterocycles. The Bertz CT molecular complexity index is 1110. The Morgan fingerprint density at radius 1 is 1.19 bits per heavy atom. The Morgan fingerprint density at radius 3 is 2.81 bits per heavy atom. The van der Waals surface area contributed by atoms with Crippen LogP contribution >= 0.6 is 22.9 Å². The Labute approximate surface area is 165 Å². The highest BCUT2D eigenvalue weighted by molar-refractivity contribution is 7.22. The molecule has 0 spiro atoms. The molecule has 4 aromatic rings. The molecule has 0 aliphatic carbocycles. The minimum atomic E-state index is -0.269. The van der Waals surface area contributed by atoms with Gasteiger partial charge < -0.3 is 4.42 Å². The first-order valence-corrected chi connectivity index (χ1v) is 9.49. The molecule has 0 aliphatic rings. The van der Waals surface area contributed by atoms with E-state index in [-0.39, 0.29) is 5.91 Å². The number of nitrogens with one attached hydrogen (secondary N) is 1. The number of carbonyl (C=O) groups is 1. The monoisotopic (exact) mass is 394 g/mol. The van der Waals surface area contributed by atoms with Gasteiger partial charge in [0.1, 0.15) is 11.5 Å². The molecule has 0 fully saturated rings. The van der Waals surface area contributed by atoms with Gasteiger partial charge in [0.15, 0.2) is 5.13 Å². The van der Waals surface area contributed by atoms with Crippen LogP contribution in [0, 0.1) is 6.92 Å². The first-order chi connectivity index (χ1) is 13.1. The van der Waals surface area contributed by atoms with Gasteiger partial charge in [-0.05, 0) is 42.8 Å². The van der Waals surface area contributed by atoms with Gasteiger partial charge in [0, 0.05) is 16.7 Å². The zero-order chi connectivity index (χ0) is 18.8. The molecule has 1 N–H and O–H groups in total. The van der Waals surface area contributed by atoms with Crippen molar-refractivity contribution in [1.29, 1.82) is 0 Å². The second-order valence-corrected chi connectivity index (χ2v) is 7.42. The maximum absolute atomic E-state index is 12.2. The molecule has 2 aromatic heterocycles. The van der Waals surface area contributed by atoms with E-state index in [9.17, 15) is 4.79 Å². The van der Waals surface area contributed by atoms with Crippen molar-refractivity contribution in [3.63, 3.8) is 0 Å². The summed E-state index contributed by atoms with van der Waals surface area (Å²) >= 11 is 7.53. The van der Waals surface area contributed by atoms with Crippen molar-refractivity contribution < 1.29 is 9.21 Å². The number of rotatable bonds is 4. The predicted molar refractivity (Wildman–Crippen MR) is 111 cm³/mol. The van der Waals surface area contributed by atoms with Crippen LogP contribution in [0.3, 0.4) is 0 Å². The van der Waals surface area contributed by atoms with Crippen LogP contribution in [0.15, 0.2) is 65.1 Å². The zero-order valence-corrected chi connectivity index (χ0v) is 16.0. The molecule has 0 bridgehead atoms. The van der Waals surface area contributed by atoms with E-state index in [0.717, 1.165) is 27.1 Å². The Balaban J connectivity index is 1.46. The van der Waals surface area contributed by atoms with Crippen LogP contribution in [0.4, 0.5) is 5.13 Å². The van der Waals surface area contributed by atoms with Crippen LogP contribution in [-0.4, -0.2) is 10.9 Å². The summed E-state index contributed by atoms with van der Waals surface area (Å²) in [5, 5.41) is 3.97. The number of carbonyl (C=O) groups excluding carboxylic acids is 1. The summed E-state index contributed by atoms with van der Waals surface area (Å²) in [7, 11) is 0. The molecule has 0 atom stereocenters. The molecule has 0 unspecified atom stereocenters. The minimum Gasteiger partial charge on any atom is -0.457 e. The molecule has 0 radical (unpaired) electrons. The zero-order valence-electron chi connectivity index (χ0n) is 14.4. The topological polar surface area (TPSA) is 55.1 Å². The number of aryl methyl sites for hydroxylation is 1. The summed E-state index contributed by atoms with van der Waals surface area (Å²) in [6, 6.07) is 17.3. The van der Waals surface area contributed by atoms with Crippen LogP contribution in [0.2, 0.25) is 5.02 Å². The van der Waals surface area contributed by atoms with Crippen LogP contribution < -0.4 is 5.32 Å². The standard InChI is InChI=1S/C21H15ClN2O2S/c1-13-11-19-17(12-16(13)22)23-21(27-19)24-20(25)10-8-15-7-9-18(26-15)14-5-3-2-4-6-14/h2-12H,1H3,(H,23,24,25)/b10-8+. The van der Waals surface area contributed by atoms with Crippen LogP contribution in [0.5, 0.6) is 0 Å². The largest absolute Gasteiger partial charge is 0.457 e. The smallest absolute Gasteiger partial charge is 0.250 e. The number of benzene rings is 2. The van der Waals surface area contributed by atoms with E-state index in [2.05, 4.69) is 10.3 Å². The maximum atomic E-state index is 12.2. The van der Waals surface area contributed by atoms with Gasteiger partial charge in [-0.3, -0.25) is 10.1 Å². The van der Waals surface area contributed by atoms with E-state index >= 15 is 0 Å². The molecule has 0 saturated heterocycles. The van der Waals surface area contributed by atoms with Crippen molar-refractivity contribution in [2.24, 2.45) is 0 Å². The molecule has 1 amide bonds. The molecule has 0 aliphatic heterocycles. The van der Waals surface area contributed by atoms with E-state index in [1.54, 1.807) is 6.08 Å². The second-order valence-electron chi connectivity index (χ2n) is 5.98. The molecule has 27 heavy (non-hydrogen) atoms. The van der Waals surface area contributed by atoms with Crippen molar-refractivity contribution in [3.05, 3.63) is 77.0 Å². The van der Waals surface area contributed by atoms with E-state index in [1.807, 2.05) is 61.5 Å². The van der Waals surface area contributed by atoms with Crippen LogP contribution in [-0.2, 0) is 4.79 Å². The molecule has 4 rings (SSSR count). The van der Waals surface area contributed by atoms with E-state index < -0.39 is 0 Å². The number of aromatic nitrogens is 1. The lowest BCUT2D eigenvalue weighted by Crippen LogP contribution is -2.07. The highest BCUT2D eigenvalue weighted by Gasteiger charge is 2.08. The summed E-state index contributed by atoms with van der Waals surface area (Å²) in [6.45, 7) is 1.94. The lowest BCUT2D eigenvalue weighted by atomic mass is 10.2. The first-order valence-electron chi connectivity index (χ1n) is 8.29. The van der Waals surface area contributed by atoms with Gasteiger partial charge in [0.25, 0.3) is 0 Å².